The second-order valence-corrected chi connectivity index (χ2v) is 3.76. The largest absolute Gasteiger partial charge is 0.489 e. The molecule has 90 valence electrons. The SMILES string of the molecule is CCC(=O)NP(=O)(OOC)OOCCO. The first-order valence-electron chi connectivity index (χ1n) is 4.13. The van der Waals surface area contributed by atoms with Crippen LogP contribution in [0.25, 0.3) is 0 Å². The monoisotopic (exact) mass is 243 g/mol. The molecular weight excluding hydrogens is 229 g/mol. The molecule has 0 saturated heterocycles. The van der Waals surface area contributed by atoms with E-state index in [1.54, 1.807) is 6.92 Å². The quantitative estimate of drug-likeness (QED) is 0.270. The van der Waals surface area contributed by atoms with E-state index < -0.39 is 13.7 Å². The minimum absolute atomic E-state index is 0.0976. The molecule has 0 aromatic heterocycles. The van der Waals surface area contributed by atoms with Gasteiger partial charge in [-0.15, -0.1) is 9.35 Å². The molecule has 0 spiro atoms. The van der Waals surface area contributed by atoms with Crippen LogP contribution in [0, 0.1) is 0 Å². The zero-order valence-electron chi connectivity index (χ0n) is 8.47. The van der Waals surface area contributed by atoms with Gasteiger partial charge in [0.1, 0.15) is 6.61 Å². The van der Waals surface area contributed by atoms with Gasteiger partial charge in [0, 0.05) is 6.42 Å². The summed E-state index contributed by atoms with van der Waals surface area (Å²) in [5.41, 5.74) is 0. The number of nitrogens with one attached hydrogen (secondary N) is 1. The molecule has 8 nitrogen and oxygen atoms in total. The van der Waals surface area contributed by atoms with Crippen LogP contribution in [0.4, 0.5) is 0 Å². The number of aliphatic hydroxyl groups is 1. The van der Waals surface area contributed by atoms with Crippen molar-refractivity contribution in [1.82, 2.24) is 5.09 Å². The maximum atomic E-state index is 11.5. The Balaban J connectivity index is 4.18. The van der Waals surface area contributed by atoms with Crippen LogP contribution in [0.5, 0.6) is 0 Å². The van der Waals surface area contributed by atoms with Crippen LogP contribution >= 0.6 is 7.75 Å². The summed E-state index contributed by atoms with van der Waals surface area (Å²) in [4.78, 5) is 19.4. The first-order chi connectivity index (χ1) is 7.08. The Labute approximate surface area is 86.9 Å². The number of carbonyl (C=O) groups excluding carboxylic acids is 1. The Hall–Kier alpha value is -0.500. The van der Waals surface area contributed by atoms with Crippen LogP contribution in [0.3, 0.4) is 0 Å². The lowest BCUT2D eigenvalue weighted by Gasteiger charge is -2.14. The number of hydrogen-bond donors (Lipinski definition) is 2. The van der Waals surface area contributed by atoms with E-state index in [9.17, 15) is 9.36 Å². The zero-order valence-corrected chi connectivity index (χ0v) is 9.36. The summed E-state index contributed by atoms with van der Waals surface area (Å²) < 4.78 is 20.1. The highest BCUT2D eigenvalue weighted by Gasteiger charge is 2.30. The normalized spacial score (nSPS) is 14.6. The fourth-order valence-corrected chi connectivity index (χ4v) is 1.50. The fraction of sp³-hybridized carbons (Fsp3) is 0.833. The second kappa shape index (κ2) is 7.75. The maximum Gasteiger partial charge on any atom is 0.489 e. The third-order valence-electron chi connectivity index (χ3n) is 1.08. The number of carbonyl (C=O) groups is 1. The average Bonchev–Trinajstić information content (AvgIpc) is 2.18. The van der Waals surface area contributed by atoms with Crippen LogP contribution in [-0.4, -0.2) is 31.3 Å². The van der Waals surface area contributed by atoms with Crippen LogP contribution in [0.15, 0.2) is 0 Å². The van der Waals surface area contributed by atoms with Crippen molar-refractivity contribution in [2.45, 2.75) is 13.3 Å². The van der Waals surface area contributed by atoms with Gasteiger partial charge in [-0.25, -0.2) is 14.3 Å². The first-order valence-corrected chi connectivity index (χ1v) is 5.68. The van der Waals surface area contributed by atoms with Crippen molar-refractivity contribution in [3.05, 3.63) is 0 Å². The highest BCUT2D eigenvalue weighted by Crippen LogP contribution is 2.43. The van der Waals surface area contributed by atoms with Gasteiger partial charge in [-0.3, -0.25) is 9.88 Å². The molecule has 0 rings (SSSR count). The highest BCUT2D eigenvalue weighted by atomic mass is 31.2. The van der Waals surface area contributed by atoms with Gasteiger partial charge in [0.15, 0.2) is 0 Å². The molecule has 1 atom stereocenters. The molecule has 0 radical (unpaired) electrons. The van der Waals surface area contributed by atoms with Crippen LogP contribution in [-0.2, 0) is 28.5 Å². The summed E-state index contributed by atoms with van der Waals surface area (Å²) in [6, 6.07) is 0. The van der Waals surface area contributed by atoms with Gasteiger partial charge in [-0.1, -0.05) is 6.92 Å². The highest BCUT2D eigenvalue weighted by molar-refractivity contribution is 7.52. The molecule has 0 fully saturated rings. The molecular formula is C6H14NO7P. The minimum Gasteiger partial charge on any atom is -0.394 e. The van der Waals surface area contributed by atoms with Crippen LogP contribution < -0.4 is 5.09 Å². The lowest BCUT2D eigenvalue weighted by molar-refractivity contribution is -0.260. The predicted octanol–water partition coefficient (Wildman–Crippen LogP) is 0.139. The van der Waals surface area contributed by atoms with Crippen molar-refractivity contribution in [3.8, 4) is 0 Å². The van der Waals surface area contributed by atoms with E-state index in [1.807, 2.05) is 5.09 Å². The number of hydrogen-bond acceptors (Lipinski definition) is 7. The lowest BCUT2D eigenvalue weighted by atomic mass is 10.5. The molecule has 0 heterocycles. The molecule has 0 bridgehead atoms. The van der Waals surface area contributed by atoms with Crippen molar-refractivity contribution < 1.29 is 33.6 Å². The Bertz CT molecular complexity index is 234. The average molecular weight is 243 g/mol. The van der Waals surface area contributed by atoms with E-state index in [0.717, 1.165) is 7.11 Å². The third kappa shape index (κ3) is 6.56. The van der Waals surface area contributed by atoms with E-state index in [0.29, 0.717) is 0 Å². The molecule has 9 heteroatoms. The smallest absolute Gasteiger partial charge is 0.394 e. The molecule has 0 aliphatic heterocycles. The predicted molar refractivity (Wildman–Crippen MR) is 48.3 cm³/mol. The Morgan fingerprint density at radius 3 is 2.60 bits per heavy atom. The standard InChI is InChI=1S/C6H14NO7P/c1-3-6(9)7-15(10,13-11-2)14-12-5-4-8/h8H,3-5H2,1-2H3,(H,7,9,10). The Morgan fingerprint density at radius 1 is 1.47 bits per heavy atom. The Kier molecular flexibility index (Phi) is 7.49. The summed E-state index contributed by atoms with van der Waals surface area (Å²) >= 11 is 0. The van der Waals surface area contributed by atoms with Gasteiger partial charge in [0.25, 0.3) is 0 Å². The zero-order chi connectivity index (χ0) is 11.7. The van der Waals surface area contributed by atoms with E-state index >= 15 is 0 Å². The van der Waals surface area contributed by atoms with Gasteiger partial charge in [0.2, 0.25) is 5.91 Å². The van der Waals surface area contributed by atoms with E-state index in [4.69, 9.17) is 5.11 Å². The number of amides is 1. The third-order valence-corrected chi connectivity index (χ3v) is 2.25. The van der Waals surface area contributed by atoms with Gasteiger partial charge >= 0.3 is 7.75 Å². The maximum absolute atomic E-state index is 11.5. The number of aliphatic hydroxyl groups excluding tert-OH is 1. The molecule has 2 N–H and O–H groups in total. The van der Waals surface area contributed by atoms with Gasteiger partial charge in [-0.2, -0.15) is 0 Å². The Morgan fingerprint density at radius 2 is 2.13 bits per heavy atom. The van der Waals surface area contributed by atoms with Crippen molar-refractivity contribution in [2.24, 2.45) is 0 Å². The molecule has 0 aliphatic carbocycles. The minimum atomic E-state index is -3.98. The van der Waals surface area contributed by atoms with Gasteiger partial charge in [-0.05, 0) is 0 Å². The summed E-state index contributed by atoms with van der Waals surface area (Å²) in [6.45, 7) is 1.02. The van der Waals surface area contributed by atoms with Crippen molar-refractivity contribution in [2.75, 3.05) is 20.3 Å². The molecule has 1 unspecified atom stereocenters. The summed E-state index contributed by atoms with van der Waals surface area (Å²) in [5, 5.41) is 10.3. The topological polar surface area (TPSA) is 103 Å². The van der Waals surface area contributed by atoms with Gasteiger partial charge < -0.3 is 5.11 Å². The molecule has 0 aliphatic rings. The molecule has 0 aromatic rings. The van der Waals surface area contributed by atoms with Gasteiger partial charge in [0.05, 0.1) is 13.7 Å². The van der Waals surface area contributed by atoms with E-state index in [1.165, 1.54) is 0 Å². The van der Waals surface area contributed by atoms with Crippen LogP contribution in [0.2, 0.25) is 0 Å². The summed E-state index contributed by atoms with van der Waals surface area (Å²) in [7, 11) is -2.88. The molecule has 1 amide bonds. The second-order valence-electron chi connectivity index (χ2n) is 2.25. The number of rotatable bonds is 8. The van der Waals surface area contributed by atoms with Crippen LogP contribution in [0.1, 0.15) is 13.3 Å². The molecule has 0 saturated carbocycles. The summed E-state index contributed by atoms with van der Waals surface area (Å²) in [6.07, 6.45) is 0.0976. The summed E-state index contributed by atoms with van der Waals surface area (Å²) in [5.74, 6) is -0.553. The lowest BCUT2D eigenvalue weighted by Crippen LogP contribution is -2.22. The molecule has 0 aromatic carbocycles. The first kappa shape index (κ1) is 14.5. The van der Waals surface area contributed by atoms with Crippen molar-refractivity contribution >= 4 is 13.7 Å². The molecule has 15 heavy (non-hydrogen) atoms. The van der Waals surface area contributed by atoms with E-state index in [2.05, 4.69) is 19.1 Å². The van der Waals surface area contributed by atoms with Crippen molar-refractivity contribution in [1.29, 1.82) is 0 Å². The van der Waals surface area contributed by atoms with E-state index in [-0.39, 0.29) is 19.6 Å². The van der Waals surface area contributed by atoms with Crippen molar-refractivity contribution in [3.63, 3.8) is 0 Å². The fourth-order valence-electron chi connectivity index (χ4n) is 0.524.